The Bertz CT molecular complexity index is 563. The van der Waals surface area contributed by atoms with Crippen molar-refractivity contribution in [2.75, 3.05) is 0 Å². The van der Waals surface area contributed by atoms with Gasteiger partial charge in [-0.05, 0) is 12.1 Å². The molecule has 3 aromatic rings. The lowest BCUT2D eigenvalue weighted by molar-refractivity contribution is -0.122. The molecule has 3 rings (SSSR count). The van der Waals surface area contributed by atoms with E-state index in [-0.39, 0.29) is 6.47 Å². The van der Waals surface area contributed by atoms with Gasteiger partial charge in [-0.2, -0.15) is 0 Å². The van der Waals surface area contributed by atoms with Crippen LogP contribution < -0.4 is 0 Å². The highest BCUT2D eigenvalue weighted by Gasteiger charge is 2.01. The Morgan fingerprint density at radius 1 is 0.875 bits per heavy atom. The van der Waals surface area contributed by atoms with Crippen LogP contribution in [0.1, 0.15) is 0 Å². The Kier molecular flexibility index (Phi) is 3.17. The lowest BCUT2D eigenvalue weighted by Crippen LogP contribution is -1.62. The highest BCUT2D eigenvalue weighted by molar-refractivity contribution is 7.25. The standard InChI is InChI=1S/C12H8S.CH2O2/c1-3-7-11-9(5-1)10-6-2-4-8-12(10)13-11;2-1-3/h1-8H;1H,(H,2,3). The fourth-order valence-electron chi connectivity index (χ4n) is 1.67. The van der Waals surface area contributed by atoms with Crippen molar-refractivity contribution in [3.8, 4) is 0 Å². The number of benzene rings is 2. The van der Waals surface area contributed by atoms with Gasteiger partial charge in [-0.15, -0.1) is 11.3 Å². The third-order valence-electron chi connectivity index (χ3n) is 2.28. The minimum atomic E-state index is -0.250. The van der Waals surface area contributed by atoms with Gasteiger partial charge >= 0.3 is 0 Å². The van der Waals surface area contributed by atoms with Crippen LogP contribution in [-0.2, 0) is 4.79 Å². The second-order valence-corrected chi connectivity index (χ2v) is 4.28. The molecule has 2 aromatic carbocycles. The zero-order chi connectivity index (χ0) is 11.4. The summed E-state index contributed by atoms with van der Waals surface area (Å²) in [5.41, 5.74) is 0. The molecule has 0 saturated heterocycles. The molecule has 1 heterocycles. The molecule has 0 unspecified atom stereocenters. The smallest absolute Gasteiger partial charge is 0.290 e. The van der Waals surface area contributed by atoms with Crippen LogP contribution in [0, 0.1) is 0 Å². The van der Waals surface area contributed by atoms with Gasteiger partial charge in [0.1, 0.15) is 0 Å². The van der Waals surface area contributed by atoms with E-state index in [2.05, 4.69) is 48.5 Å². The van der Waals surface area contributed by atoms with Gasteiger partial charge in [-0.1, -0.05) is 36.4 Å². The quantitative estimate of drug-likeness (QED) is 0.597. The molecule has 16 heavy (non-hydrogen) atoms. The molecule has 0 atom stereocenters. The molecule has 0 aliphatic rings. The van der Waals surface area contributed by atoms with E-state index < -0.39 is 0 Å². The predicted molar refractivity (Wildman–Crippen MR) is 68.0 cm³/mol. The molecule has 0 saturated carbocycles. The molecule has 0 bridgehead atoms. The summed E-state index contributed by atoms with van der Waals surface area (Å²) in [7, 11) is 0. The highest BCUT2D eigenvalue weighted by atomic mass is 32.1. The largest absolute Gasteiger partial charge is 0.483 e. The van der Waals surface area contributed by atoms with E-state index in [0.29, 0.717) is 0 Å². The van der Waals surface area contributed by atoms with Crippen LogP contribution in [-0.4, -0.2) is 11.6 Å². The molecule has 2 nitrogen and oxygen atoms in total. The fourth-order valence-corrected chi connectivity index (χ4v) is 2.78. The lowest BCUT2D eigenvalue weighted by atomic mass is 10.2. The third kappa shape index (κ3) is 1.90. The first kappa shape index (κ1) is 10.6. The first-order valence-electron chi connectivity index (χ1n) is 4.81. The van der Waals surface area contributed by atoms with E-state index in [0.717, 1.165) is 0 Å². The van der Waals surface area contributed by atoms with E-state index in [9.17, 15) is 0 Å². The average molecular weight is 230 g/mol. The summed E-state index contributed by atoms with van der Waals surface area (Å²) >= 11 is 1.86. The summed E-state index contributed by atoms with van der Waals surface area (Å²) in [5, 5.41) is 9.64. The van der Waals surface area contributed by atoms with Crippen molar-refractivity contribution in [3.63, 3.8) is 0 Å². The molecule has 3 heteroatoms. The average Bonchev–Trinajstić information content (AvgIpc) is 2.68. The van der Waals surface area contributed by atoms with Crippen LogP contribution in [0.25, 0.3) is 20.2 Å². The van der Waals surface area contributed by atoms with Crippen molar-refractivity contribution in [2.45, 2.75) is 0 Å². The van der Waals surface area contributed by atoms with Gasteiger partial charge < -0.3 is 5.11 Å². The van der Waals surface area contributed by atoms with E-state index >= 15 is 0 Å². The SMILES string of the molecule is O=CO.c1ccc2c(c1)sc1ccccc12. The van der Waals surface area contributed by atoms with Gasteiger partial charge in [-0.25, -0.2) is 0 Å². The summed E-state index contributed by atoms with van der Waals surface area (Å²) in [4.78, 5) is 8.36. The van der Waals surface area contributed by atoms with Gasteiger partial charge in [-0.3, -0.25) is 4.79 Å². The lowest BCUT2D eigenvalue weighted by Gasteiger charge is -1.88. The Morgan fingerprint density at radius 3 is 1.69 bits per heavy atom. The Labute approximate surface area is 96.8 Å². The van der Waals surface area contributed by atoms with Crippen molar-refractivity contribution in [1.82, 2.24) is 0 Å². The Balaban J connectivity index is 0.000000292. The first-order valence-corrected chi connectivity index (χ1v) is 5.62. The van der Waals surface area contributed by atoms with Crippen molar-refractivity contribution in [2.24, 2.45) is 0 Å². The van der Waals surface area contributed by atoms with E-state index in [4.69, 9.17) is 9.90 Å². The molecule has 1 aromatic heterocycles. The zero-order valence-electron chi connectivity index (χ0n) is 8.46. The number of carboxylic acid groups (broad SMARTS) is 1. The monoisotopic (exact) mass is 230 g/mol. The molecular weight excluding hydrogens is 220 g/mol. The van der Waals surface area contributed by atoms with Gasteiger partial charge in [0.05, 0.1) is 0 Å². The van der Waals surface area contributed by atoms with Crippen LogP contribution in [0.15, 0.2) is 48.5 Å². The number of hydrogen-bond donors (Lipinski definition) is 1. The van der Waals surface area contributed by atoms with E-state index in [1.165, 1.54) is 20.2 Å². The summed E-state index contributed by atoms with van der Waals surface area (Å²) in [6.45, 7) is -0.250. The molecule has 0 aliphatic carbocycles. The van der Waals surface area contributed by atoms with E-state index in [1.807, 2.05) is 11.3 Å². The normalized spacial score (nSPS) is 9.75. The molecule has 0 aliphatic heterocycles. The van der Waals surface area contributed by atoms with Gasteiger partial charge in [0.2, 0.25) is 0 Å². The predicted octanol–water partition coefficient (Wildman–Crippen LogP) is 3.76. The topological polar surface area (TPSA) is 37.3 Å². The minimum absolute atomic E-state index is 0.250. The van der Waals surface area contributed by atoms with E-state index in [1.54, 1.807) is 0 Å². The second kappa shape index (κ2) is 4.77. The maximum atomic E-state index is 8.36. The van der Waals surface area contributed by atoms with Gasteiger partial charge in [0, 0.05) is 20.2 Å². The highest BCUT2D eigenvalue weighted by Crippen LogP contribution is 2.32. The van der Waals surface area contributed by atoms with Crippen molar-refractivity contribution < 1.29 is 9.90 Å². The molecular formula is C13H10O2S. The number of rotatable bonds is 0. The fraction of sp³-hybridized carbons (Fsp3) is 0. The Hall–Kier alpha value is -1.87. The van der Waals surface area contributed by atoms with Crippen LogP contribution in [0.4, 0.5) is 0 Å². The summed E-state index contributed by atoms with van der Waals surface area (Å²) in [6.07, 6.45) is 0. The third-order valence-corrected chi connectivity index (χ3v) is 3.44. The molecule has 80 valence electrons. The molecule has 1 N–H and O–H groups in total. The van der Waals surface area contributed by atoms with Crippen LogP contribution in [0.2, 0.25) is 0 Å². The Morgan fingerprint density at radius 2 is 1.25 bits per heavy atom. The maximum Gasteiger partial charge on any atom is 0.290 e. The maximum absolute atomic E-state index is 8.36. The summed E-state index contributed by atoms with van der Waals surface area (Å²) in [5.74, 6) is 0. The van der Waals surface area contributed by atoms with Gasteiger partial charge in [0.25, 0.3) is 6.47 Å². The zero-order valence-corrected chi connectivity index (χ0v) is 9.28. The minimum Gasteiger partial charge on any atom is -0.483 e. The number of fused-ring (bicyclic) bond motifs is 3. The van der Waals surface area contributed by atoms with Crippen molar-refractivity contribution in [3.05, 3.63) is 48.5 Å². The number of thiophene rings is 1. The first-order chi connectivity index (χ1) is 7.86. The van der Waals surface area contributed by atoms with Crippen molar-refractivity contribution >= 4 is 38.0 Å². The number of hydrogen-bond acceptors (Lipinski definition) is 2. The summed E-state index contributed by atoms with van der Waals surface area (Å²) in [6, 6.07) is 17.1. The molecule has 0 radical (unpaired) electrons. The van der Waals surface area contributed by atoms with Gasteiger partial charge in [0.15, 0.2) is 0 Å². The molecule has 0 fully saturated rings. The molecule has 0 spiro atoms. The number of carbonyl (C=O) groups is 1. The van der Waals surface area contributed by atoms with Crippen molar-refractivity contribution in [1.29, 1.82) is 0 Å². The van der Waals surface area contributed by atoms with Crippen LogP contribution in [0.3, 0.4) is 0 Å². The second-order valence-electron chi connectivity index (χ2n) is 3.20. The van der Waals surface area contributed by atoms with Crippen LogP contribution >= 0.6 is 11.3 Å². The van der Waals surface area contributed by atoms with Crippen LogP contribution in [0.5, 0.6) is 0 Å². The summed E-state index contributed by atoms with van der Waals surface area (Å²) < 4.78 is 2.76. The molecule has 0 amide bonds.